The van der Waals surface area contributed by atoms with E-state index in [1.165, 1.54) is 24.3 Å². The van der Waals surface area contributed by atoms with Crippen LogP contribution in [0.15, 0.2) is 36.4 Å². The monoisotopic (exact) mass is 554 g/mol. The molecule has 0 aliphatic rings. The first kappa shape index (κ1) is 31.8. The average Bonchev–Trinajstić information content (AvgIpc) is 2.82. The standard InChI is InChI=1S/C19H17Cl2F3O4.C6H14O2/c20-16-11-15(27-10-7-25)12-17(21)18(16)28-9-2-1-8-26-14-5-3-13(4-6-14)19(22,23)24;1-4-7-6(3)8-5-2/h3-7,11-12H,1-2,8-10H2;6H,4-5H2,1-3H3. The molecule has 0 spiro atoms. The minimum absolute atomic E-state index is 0.0370. The Morgan fingerprint density at radius 3 is 1.86 bits per heavy atom. The lowest BCUT2D eigenvalue weighted by molar-refractivity contribution is -0.137. The highest BCUT2D eigenvalue weighted by atomic mass is 35.5. The first-order valence-electron chi connectivity index (χ1n) is 11.3. The highest BCUT2D eigenvalue weighted by molar-refractivity contribution is 6.37. The highest BCUT2D eigenvalue weighted by Crippen LogP contribution is 2.37. The van der Waals surface area contributed by atoms with Crippen LogP contribution in [0.5, 0.6) is 17.2 Å². The number of hydrogen-bond acceptors (Lipinski definition) is 6. The van der Waals surface area contributed by atoms with Gasteiger partial charge in [-0.1, -0.05) is 23.2 Å². The van der Waals surface area contributed by atoms with Gasteiger partial charge in [0.15, 0.2) is 18.3 Å². The molecule has 0 amide bonds. The van der Waals surface area contributed by atoms with Gasteiger partial charge in [-0.15, -0.1) is 0 Å². The number of carbonyl (C=O) groups is 1. The number of benzene rings is 2. The highest BCUT2D eigenvalue weighted by Gasteiger charge is 2.30. The first-order valence-corrected chi connectivity index (χ1v) is 12.1. The van der Waals surface area contributed by atoms with E-state index in [0.29, 0.717) is 49.6 Å². The number of halogens is 5. The number of ether oxygens (including phenoxy) is 5. The van der Waals surface area contributed by atoms with Crippen LogP contribution in [0.1, 0.15) is 39.2 Å². The third kappa shape index (κ3) is 12.7. The van der Waals surface area contributed by atoms with Gasteiger partial charge in [-0.2, -0.15) is 13.2 Å². The summed E-state index contributed by atoms with van der Waals surface area (Å²) in [6.45, 7) is 7.80. The van der Waals surface area contributed by atoms with Crippen LogP contribution in [-0.4, -0.2) is 45.6 Å². The molecule has 0 aliphatic carbocycles. The number of aldehydes is 1. The van der Waals surface area contributed by atoms with Crippen molar-refractivity contribution >= 4 is 29.5 Å². The van der Waals surface area contributed by atoms with Gasteiger partial charge in [0.1, 0.15) is 18.1 Å². The third-order valence-corrected chi connectivity index (χ3v) is 4.89. The van der Waals surface area contributed by atoms with Crippen LogP contribution >= 0.6 is 23.2 Å². The normalized spacial score (nSPS) is 11.0. The molecule has 2 aromatic carbocycles. The smallest absolute Gasteiger partial charge is 0.416 e. The third-order valence-electron chi connectivity index (χ3n) is 4.33. The molecule has 0 radical (unpaired) electrons. The second-order valence-corrected chi connectivity index (χ2v) is 7.91. The summed E-state index contributed by atoms with van der Waals surface area (Å²) < 4.78 is 63.7. The van der Waals surface area contributed by atoms with Crippen LogP contribution in [-0.2, 0) is 20.4 Å². The molecule has 0 atom stereocenters. The number of alkyl halides is 3. The number of unbranched alkanes of at least 4 members (excludes halogenated alkanes) is 1. The second kappa shape index (κ2) is 17.3. The van der Waals surface area contributed by atoms with Gasteiger partial charge in [0.05, 0.1) is 28.8 Å². The van der Waals surface area contributed by atoms with E-state index >= 15 is 0 Å². The van der Waals surface area contributed by atoms with Crippen molar-refractivity contribution < 1.29 is 41.7 Å². The maximum absolute atomic E-state index is 12.5. The summed E-state index contributed by atoms with van der Waals surface area (Å²) in [7, 11) is 0. The molecule has 6 nitrogen and oxygen atoms in total. The van der Waals surface area contributed by atoms with Gasteiger partial charge in [-0.3, -0.25) is 4.79 Å². The van der Waals surface area contributed by atoms with E-state index in [0.717, 1.165) is 25.3 Å². The molecule has 0 saturated carbocycles. The van der Waals surface area contributed by atoms with Gasteiger partial charge in [0, 0.05) is 25.3 Å². The van der Waals surface area contributed by atoms with Gasteiger partial charge in [-0.25, -0.2) is 0 Å². The Kier molecular flexibility index (Phi) is 15.3. The predicted molar refractivity (Wildman–Crippen MR) is 132 cm³/mol. The van der Waals surface area contributed by atoms with Crippen molar-refractivity contribution in [1.82, 2.24) is 0 Å². The quantitative estimate of drug-likeness (QED) is 0.139. The Balaban J connectivity index is 0.000000697. The fourth-order valence-electron chi connectivity index (χ4n) is 2.71. The van der Waals surface area contributed by atoms with Gasteiger partial charge in [0.25, 0.3) is 0 Å². The van der Waals surface area contributed by atoms with Gasteiger partial charge < -0.3 is 23.7 Å². The SMILES string of the molecule is CCOC(C)OCC.O=CCOc1cc(Cl)c(OCCCCOc2ccc(C(F)(F)F)cc2)c(Cl)c1. The topological polar surface area (TPSA) is 63.2 Å². The Labute approximate surface area is 219 Å². The Morgan fingerprint density at radius 1 is 0.861 bits per heavy atom. The van der Waals surface area contributed by atoms with Crippen molar-refractivity contribution in [2.75, 3.05) is 33.0 Å². The average molecular weight is 555 g/mol. The Bertz CT molecular complexity index is 865. The zero-order valence-corrected chi connectivity index (χ0v) is 21.9. The van der Waals surface area contributed by atoms with E-state index in [2.05, 4.69) is 0 Å². The first-order chi connectivity index (χ1) is 17.1. The molecule has 202 valence electrons. The van der Waals surface area contributed by atoms with Crippen LogP contribution in [0, 0.1) is 0 Å². The molecule has 0 heterocycles. The largest absolute Gasteiger partial charge is 0.494 e. The summed E-state index contributed by atoms with van der Waals surface area (Å²) in [5.41, 5.74) is -0.718. The minimum Gasteiger partial charge on any atom is -0.494 e. The minimum atomic E-state index is -4.36. The summed E-state index contributed by atoms with van der Waals surface area (Å²) in [6.07, 6.45) is -2.55. The Morgan fingerprint density at radius 2 is 1.39 bits per heavy atom. The lowest BCUT2D eigenvalue weighted by Gasteiger charge is -2.12. The zero-order valence-electron chi connectivity index (χ0n) is 20.4. The number of carbonyl (C=O) groups excluding carboxylic acids is 1. The van der Waals surface area contributed by atoms with Crippen molar-refractivity contribution in [3.8, 4) is 17.2 Å². The van der Waals surface area contributed by atoms with E-state index in [1.807, 2.05) is 20.8 Å². The number of rotatable bonds is 14. The summed E-state index contributed by atoms with van der Waals surface area (Å²) in [5, 5.41) is 0.517. The molecule has 0 aromatic heterocycles. The zero-order chi connectivity index (χ0) is 27.0. The molecule has 0 unspecified atom stereocenters. The van der Waals surface area contributed by atoms with Gasteiger partial charge in [0.2, 0.25) is 0 Å². The fourth-order valence-corrected chi connectivity index (χ4v) is 3.29. The maximum atomic E-state index is 12.5. The molecule has 0 saturated heterocycles. The molecule has 2 aromatic rings. The van der Waals surface area contributed by atoms with E-state index in [-0.39, 0.29) is 22.9 Å². The van der Waals surface area contributed by atoms with E-state index in [4.69, 9.17) is 46.9 Å². The van der Waals surface area contributed by atoms with Crippen molar-refractivity contribution in [3.63, 3.8) is 0 Å². The summed E-state index contributed by atoms with van der Waals surface area (Å²) in [5.74, 6) is 1.04. The van der Waals surface area contributed by atoms with Crippen LogP contribution < -0.4 is 14.2 Å². The van der Waals surface area contributed by atoms with Crippen molar-refractivity contribution in [3.05, 3.63) is 52.0 Å². The molecule has 11 heteroatoms. The molecule has 0 fully saturated rings. The molecular weight excluding hydrogens is 524 g/mol. The van der Waals surface area contributed by atoms with Crippen LogP contribution in [0.25, 0.3) is 0 Å². The molecular formula is C25H31Cl2F3O6. The van der Waals surface area contributed by atoms with Crippen LogP contribution in [0.2, 0.25) is 10.0 Å². The molecule has 36 heavy (non-hydrogen) atoms. The molecule has 0 bridgehead atoms. The van der Waals surface area contributed by atoms with Crippen LogP contribution in [0.4, 0.5) is 13.2 Å². The fraction of sp³-hybridized carbons (Fsp3) is 0.480. The van der Waals surface area contributed by atoms with E-state index in [1.54, 1.807) is 0 Å². The predicted octanol–water partition coefficient (Wildman–Crippen LogP) is 7.23. The van der Waals surface area contributed by atoms with Crippen molar-refractivity contribution in [1.29, 1.82) is 0 Å². The second-order valence-electron chi connectivity index (χ2n) is 7.10. The lowest BCUT2D eigenvalue weighted by atomic mass is 10.2. The molecule has 0 aliphatic heterocycles. The van der Waals surface area contributed by atoms with Crippen molar-refractivity contribution in [2.24, 2.45) is 0 Å². The van der Waals surface area contributed by atoms with Crippen molar-refractivity contribution in [2.45, 2.75) is 46.1 Å². The van der Waals surface area contributed by atoms with E-state index < -0.39 is 11.7 Å². The summed E-state index contributed by atoms with van der Waals surface area (Å²) in [6, 6.07) is 7.52. The lowest BCUT2D eigenvalue weighted by Crippen LogP contribution is -2.11. The maximum Gasteiger partial charge on any atom is 0.416 e. The Hall–Kier alpha value is -2.20. The molecule has 0 N–H and O–H groups in total. The molecule has 2 rings (SSSR count). The van der Waals surface area contributed by atoms with Gasteiger partial charge >= 0.3 is 6.18 Å². The van der Waals surface area contributed by atoms with E-state index in [9.17, 15) is 18.0 Å². The number of hydrogen-bond donors (Lipinski definition) is 0. The van der Waals surface area contributed by atoms with Gasteiger partial charge in [-0.05, 0) is 57.9 Å². The van der Waals surface area contributed by atoms with Crippen LogP contribution in [0.3, 0.4) is 0 Å². The summed E-state index contributed by atoms with van der Waals surface area (Å²) >= 11 is 12.2. The summed E-state index contributed by atoms with van der Waals surface area (Å²) in [4.78, 5) is 10.3.